The molecule has 0 saturated heterocycles. The van der Waals surface area contributed by atoms with Crippen molar-refractivity contribution in [2.24, 2.45) is 0 Å². The van der Waals surface area contributed by atoms with Crippen LogP contribution in [0.2, 0.25) is 0 Å². The number of hydrogen-bond acceptors (Lipinski definition) is 2. The Morgan fingerprint density at radius 3 is 2.75 bits per heavy atom. The summed E-state index contributed by atoms with van der Waals surface area (Å²) >= 11 is 2.16. The molecular formula is C9H8INO. The third-order valence-corrected chi connectivity index (χ3v) is 2.87. The Balaban J connectivity index is 3.31. The molecule has 0 aliphatic rings. The first kappa shape index (κ1) is 9.49. The largest absolute Gasteiger partial charge is 0.392 e. The molecule has 1 N–H and O–H groups in total. The third kappa shape index (κ3) is 1.76. The molecule has 62 valence electrons. The molecule has 0 aliphatic heterocycles. The highest BCUT2D eigenvalue weighted by Gasteiger charge is 2.03. The predicted molar refractivity (Wildman–Crippen MR) is 54.5 cm³/mol. The van der Waals surface area contributed by atoms with E-state index in [1.807, 2.05) is 13.0 Å². The highest BCUT2D eigenvalue weighted by Crippen LogP contribution is 2.18. The summed E-state index contributed by atoms with van der Waals surface area (Å²) in [6, 6.07) is 5.59. The Labute approximate surface area is 85.0 Å². The van der Waals surface area contributed by atoms with Gasteiger partial charge in [-0.25, -0.2) is 0 Å². The fraction of sp³-hybridized carbons (Fsp3) is 0.222. The minimum Gasteiger partial charge on any atom is -0.392 e. The molecule has 1 aromatic rings. The van der Waals surface area contributed by atoms with Gasteiger partial charge in [-0.1, -0.05) is 0 Å². The average Bonchev–Trinajstić information content (AvgIpc) is 2.09. The van der Waals surface area contributed by atoms with Crippen LogP contribution in [0.3, 0.4) is 0 Å². The molecule has 12 heavy (non-hydrogen) atoms. The summed E-state index contributed by atoms with van der Waals surface area (Å²) in [5.41, 5.74) is 2.49. The van der Waals surface area contributed by atoms with Crippen molar-refractivity contribution < 1.29 is 5.11 Å². The molecule has 0 atom stereocenters. The molecule has 3 heteroatoms. The second-order valence-corrected chi connectivity index (χ2v) is 3.67. The number of aliphatic hydroxyl groups excluding tert-OH is 1. The first-order valence-corrected chi connectivity index (χ1v) is 4.57. The number of nitrogens with zero attached hydrogens (tertiary/aromatic N) is 1. The van der Waals surface area contributed by atoms with Gasteiger partial charge in [-0.15, -0.1) is 0 Å². The Hall–Kier alpha value is -0.600. The van der Waals surface area contributed by atoms with Crippen LogP contribution in [-0.2, 0) is 6.61 Å². The van der Waals surface area contributed by atoms with Crippen molar-refractivity contribution in [2.75, 3.05) is 0 Å². The van der Waals surface area contributed by atoms with E-state index in [0.717, 1.165) is 14.7 Å². The van der Waals surface area contributed by atoms with Crippen molar-refractivity contribution in [3.05, 3.63) is 32.4 Å². The summed E-state index contributed by atoms with van der Waals surface area (Å²) in [6.07, 6.45) is 0. The summed E-state index contributed by atoms with van der Waals surface area (Å²) in [5.74, 6) is 0. The van der Waals surface area contributed by atoms with Crippen LogP contribution in [0.25, 0.3) is 0 Å². The van der Waals surface area contributed by atoms with Gasteiger partial charge in [-0.05, 0) is 52.8 Å². The van der Waals surface area contributed by atoms with Gasteiger partial charge in [0.15, 0.2) is 0 Å². The summed E-state index contributed by atoms with van der Waals surface area (Å²) < 4.78 is 1.02. The number of halogens is 1. The first-order chi connectivity index (χ1) is 5.69. The fourth-order valence-corrected chi connectivity index (χ4v) is 1.65. The SMILES string of the molecule is Cc1c(I)cc(C#N)cc1CO. The van der Waals surface area contributed by atoms with Gasteiger partial charge in [-0.3, -0.25) is 0 Å². The molecule has 0 aromatic heterocycles. The van der Waals surface area contributed by atoms with Gasteiger partial charge in [0.2, 0.25) is 0 Å². The highest BCUT2D eigenvalue weighted by molar-refractivity contribution is 14.1. The molecule has 0 fully saturated rings. The maximum Gasteiger partial charge on any atom is 0.0992 e. The standard InChI is InChI=1S/C9H8INO/c1-6-8(5-12)2-7(4-11)3-9(6)10/h2-3,12H,5H2,1H3. The Bertz CT molecular complexity index is 341. The normalized spacial score (nSPS) is 9.50. The zero-order chi connectivity index (χ0) is 9.14. The van der Waals surface area contributed by atoms with Crippen molar-refractivity contribution in [3.63, 3.8) is 0 Å². The van der Waals surface area contributed by atoms with E-state index in [0.29, 0.717) is 5.56 Å². The molecule has 0 spiro atoms. The summed E-state index contributed by atoms with van der Waals surface area (Å²) in [6.45, 7) is 1.94. The van der Waals surface area contributed by atoms with Crippen LogP contribution < -0.4 is 0 Å². The Morgan fingerprint density at radius 2 is 2.25 bits per heavy atom. The molecule has 0 amide bonds. The molecule has 0 saturated carbocycles. The van der Waals surface area contributed by atoms with Crippen molar-refractivity contribution in [2.45, 2.75) is 13.5 Å². The molecule has 0 unspecified atom stereocenters. The lowest BCUT2D eigenvalue weighted by atomic mass is 10.1. The van der Waals surface area contributed by atoms with Crippen molar-refractivity contribution in [1.82, 2.24) is 0 Å². The number of benzene rings is 1. The maximum atomic E-state index is 8.95. The molecule has 1 rings (SSSR count). The molecule has 0 aliphatic carbocycles. The third-order valence-electron chi connectivity index (χ3n) is 1.75. The molecule has 0 heterocycles. The van der Waals surface area contributed by atoms with Crippen LogP contribution in [-0.4, -0.2) is 5.11 Å². The van der Waals surface area contributed by atoms with Gasteiger partial charge < -0.3 is 5.11 Å². The summed E-state index contributed by atoms with van der Waals surface area (Å²) in [4.78, 5) is 0. The smallest absolute Gasteiger partial charge is 0.0992 e. The number of rotatable bonds is 1. The minimum absolute atomic E-state index is 0.00262. The van der Waals surface area contributed by atoms with E-state index in [1.165, 1.54) is 0 Å². The Morgan fingerprint density at radius 1 is 1.58 bits per heavy atom. The predicted octanol–water partition coefficient (Wildman–Crippen LogP) is 1.96. The number of hydrogen-bond donors (Lipinski definition) is 1. The van der Waals surface area contributed by atoms with Crippen LogP contribution in [0.1, 0.15) is 16.7 Å². The molecule has 1 aromatic carbocycles. The molecule has 0 bridgehead atoms. The topological polar surface area (TPSA) is 44.0 Å². The minimum atomic E-state index is -0.00262. The summed E-state index contributed by atoms with van der Waals surface area (Å²) in [5, 5.41) is 17.6. The van der Waals surface area contributed by atoms with E-state index in [2.05, 4.69) is 28.7 Å². The Kier molecular flexibility index (Phi) is 3.06. The van der Waals surface area contributed by atoms with Crippen LogP contribution in [0.15, 0.2) is 12.1 Å². The highest BCUT2D eigenvalue weighted by atomic mass is 127. The van der Waals surface area contributed by atoms with Crippen molar-refractivity contribution >= 4 is 22.6 Å². The second-order valence-electron chi connectivity index (χ2n) is 2.51. The van der Waals surface area contributed by atoms with E-state index in [1.54, 1.807) is 6.07 Å². The molecule has 0 radical (unpaired) electrons. The van der Waals surface area contributed by atoms with Crippen LogP contribution >= 0.6 is 22.6 Å². The molecular weight excluding hydrogens is 265 g/mol. The van der Waals surface area contributed by atoms with Crippen molar-refractivity contribution in [1.29, 1.82) is 5.26 Å². The van der Waals surface area contributed by atoms with E-state index >= 15 is 0 Å². The zero-order valence-corrected chi connectivity index (χ0v) is 8.79. The van der Waals surface area contributed by atoms with E-state index in [4.69, 9.17) is 10.4 Å². The maximum absolute atomic E-state index is 8.95. The monoisotopic (exact) mass is 273 g/mol. The van der Waals surface area contributed by atoms with Crippen molar-refractivity contribution in [3.8, 4) is 6.07 Å². The van der Waals surface area contributed by atoms with E-state index in [9.17, 15) is 0 Å². The lowest BCUT2D eigenvalue weighted by Gasteiger charge is -2.04. The van der Waals surface area contributed by atoms with Gasteiger partial charge in [0.25, 0.3) is 0 Å². The van der Waals surface area contributed by atoms with E-state index < -0.39 is 0 Å². The van der Waals surface area contributed by atoms with Gasteiger partial charge in [0.05, 0.1) is 18.2 Å². The number of nitriles is 1. The van der Waals surface area contributed by atoms with Gasteiger partial charge in [0, 0.05) is 3.57 Å². The number of aliphatic hydroxyl groups is 1. The van der Waals surface area contributed by atoms with Crippen LogP contribution in [0, 0.1) is 21.8 Å². The lowest BCUT2D eigenvalue weighted by molar-refractivity contribution is 0.281. The lowest BCUT2D eigenvalue weighted by Crippen LogP contribution is -1.93. The van der Waals surface area contributed by atoms with Crippen LogP contribution in [0.5, 0.6) is 0 Å². The fourth-order valence-electron chi connectivity index (χ4n) is 0.965. The average molecular weight is 273 g/mol. The van der Waals surface area contributed by atoms with Crippen LogP contribution in [0.4, 0.5) is 0 Å². The first-order valence-electron chi connectivity index (χ1n) is 3.49. The molecule has 2 nitrogen and oxygen atoms in total. The second kappa shape index (κ2) is 3.87. The van der Waals surface area contributed by atoms with Gasteiger partial charge in [-0.2, -0.15) is 5.26 Å². The zero-order valence-electron chi connectivity index (χ0n) is 6.63. The van der Waals surface area contributed by atoms with Gasteiger partial charge in [0.1, 0.15) is 0 Å². The summed E-state index contributed by atoms with van der Waals surface area (Å²) in [7, 11) is 0. The van der Waals surface area contributed by atoms with Gasteiger partial charge >= 0.3 is 0 Å². The quantitative estimate of drug-likeness (QED) is 0.795. The van der Waals surface area contributed by atoms with E-state index in [-0.39, 0.29) is 6.61 Å².